The number of nitro groups is 1. The molecule has 0 aliphatic carbocycles. The van der Waals surface area contributed by atoms with E-state index in [0.29, 0.717) is 13.1 Å². The lowest BCUT2D eigenvalue weighted by molar-refractivity contribution is -0.384. The summed E-state index contributed by atoms with van der Waals surface area (Å²) >= 11 is 0. The van der Waals surface area contributed by atoms with Crippen LogP contribution in [0.2, 0.25) is 0 Å². The topological polar surface area (TPSA) is 76.2 Å². The second-order valence-electron chi connectivity index (χ2n) is 5.03. The second kappa shape index (κ2) is 6.36. The molecule has 2 rings (SSSR count). The van der Waals surface area contributed by atoms with E-state index in [-0.39, 0.29) is 10.6 Å². The molecule has 0 unspecified atom stereocenters. The number of hydrogen-bond acceptors (Lipinski definition) is 5. The molecule has 7 nitrogen and oxygen atoms in total. The van der Waals surface area contributed by atoms with E-state index in [4.69, 9.17) is 0 Å². The fourth-order valence-electron chi connectivity index (χ4n) is 2.13. The van der Waals surface area contributed by atoms with Crippen molar-refractivity contribution in [2.45, 2.75) is 13.1 Å². The van der Waals surface area contributed by atoms with Crippen LogP contribution in [0.15, 0.2) is 30.5 Å². The van der Waals surface area contributed by atoms with Gasteiger partial charge in [-0.3, -0.25) is 10.1 Å². The normalized spacial score (nSPS) is 10.6. The van der Waals surface area contributed by atoms with Gasteiger partial charge in [0.2, 0.25) is 5.95 Å². The van der Waals surface area contributed by atoms with Crippen LogP contribution < -0.4 is 10.2 Å². The molecule has 0 atom stereocenters. The Kier molecular flexibility index (Phi) is 4.54. The quantitative estimate of drug-likeness (QED) is 0.647. The number of anilines is 1. The van der Waals surface area contributed by atoms with Gasteiger partial charge in [0, 0.05) is 46.4 Å². The Morgan fingerprint density at radius 2 is 2.14 bits per heavy atom. The van der Waals surface area contributed by atoms with E-state index in [1.165, 1.54) is 6.07 Å². The highest BCUT2D eigenvalue weighted by Crippen LogP contribution is 2.14. The highest BCUT2D eigenvalue weighted by atomic mass is 16.6. The van der Waals surface area contributed by atoms with Crippen molar-refractivity contribution < 1.29 is 4.92 Å². The van der Waals surface area contributed by atoms with Gasteiger partial charge in [-0.05, 0) is 5.56 Å². The standard InChI is InChI=1S/C14H19N5O2/c1-17(2)14-16-10-13(18(14)3)9-15-8-11-5-4-6-12(7-11)19(20)21/h4-7,10,15H,8-9H2,1-3H3. The fourth-order valence-corrected chi connectivity index (χ4v) is 2.13. The van der Waals surface area contributed by atoms with E-state index in [9.17, 15) is 10.1 Å². The molecule has 2 aromatic rings. The number of nitrogens with zero attached hydrogens (tertiary/aromatic N) is 4. The molecule has 0 saturated heterocycles. The first-order valence-electron chi connectivity index (χ1n) is 6.61. The average Bonchev–Trinajstić information content (AvgIpc) is 2.81. The molecular formula is C14H19N5O2. The first-order valence-corrected chi connectivity index (χ1v) is 6.61. The second-order valence-corrected chi connectivity index (χ2v) is 5.03. The summed E-state index contributed by atoms with van der Waals surface area (Å²) in [6.07, 6.45) is 1.83. The lowest BCUT2D eigenvalue weighted by atomic mass is 10.2. The molecular weight excluding hydrogens is 270 g/mol. The van der Waals surface area contributed by atoms with Crippen LogP contribution in [0.3, 0.4) is 0 Å². The van der Waals surface area contributed by atoms with Crippen molar-refractivity contribution >= 4 is 11.6 Å². The maximum Gasteiger partial charge on any atom is 0.269 e. The highest BCUT2D eigenvalue weighted by Gasteiger charge is 2.08. The summed E-state index contributed by atoms with van der Waals surface area (Å²) in [7, 11) is 5.86. The zero-order valence-corrected chi connectivity index (χ0v) is 12.4. The van der Waals surface area contributed by atoms with Crippen molar-refractivity contribution in [2.24, 2.45) is 7.05 Å². The fraction of sp³-hybridized carbons (Fsp3) is 0.357. The van der Waals surface area contributed by atoms with E-state index in [2.05, 4.69) is 10.3 Å². The van der Waals surface area contributed by atoms with Crippen molar-refractivity contribution in [3.8, 4) is 0 Å². The zero-order valence-electron chi connectivity index (χ0n) is 12.4. The van der Waals surface area contributed by atoms with Gasteiger partial charge in [0.15, 0.2) is 0 Å². The van der Waals surface area contributed by atoms with Crippen molar-refractivity contribution in [3.63, 3.8) is 0 Å². The van der Waals surface area contributed by atoms with Crippen LogP contribution in [0, 0.1) is 10.1 Å². The van der Waals surface area contributed by atoms with Crippen LogP contribution in [0.25, 0.3) is 0 Å². The van der Waals surface area contributed by atoms with E-state index in [1.807, 2.05) is 42.9 Å². The van der Waals surface area contributed by atoms with Gasteiger partial charge in [0.05, 0.1) is 16.8 Å². The van der Waals surface area contributed by atoms with Gasteiger partial charge in [-0.2, -0.15) is 0 Å². The molecule has 112 valence electrons. The number of nitro benzene ring substituents is 1. The summed E-state index contributed by atoms with van der Waals surface area (Å²) in [5.41, 5.74) is 2.06. The number of rotatable bonds is 6. The Morgan fingerprint density at radius 1 is 1.38 bits per heavy atom. The molecule has 7 heteroatoms. The van der Waals surface area contributed by atoms with Gasteiger partial charge >= 0.3 is 0 Å². The lowest BCUT2D eigenvalue weighted by Crippen LogP contribution is -2.18. The predicted octanol–water partition coefficient (Wildman–Crippen LogP) is 1.68. The molecule has 1 N–H and O–H groups in total. The van der Waals surface area contributed by atoms with Crippen molar-refractivity contribution in [3.05, 3.63) is 51.8 Å². The maximum absolute atomic E-state index is 10.7. The third-order valence-electron chi connectivity index (χ3n) is 3.22. The number of aromatic nitrogens is 2. The largest absolute Gasteiger partial charge is 0.348 e. The van der Waals surface area contributed by atoms with Crippen molar-refractivity contribution in [2.75, 3.05) is 19.0 Å². The number of nitrogens with one attached hydrogen (secondary N) is 1. The molecule has 0 fully saturated rings. The Bertz CT molecular complexity index is 636. The van der Waals surface area contributed by atoms with Crippen LogP contribution in [-0.2, 0) is 20.1 Å². The van der Waals surface area contributed by atoms with E-state index in [1.54, 1.807) is 12.1 Å². The summed E-state index contributed by atoms with van der Waals surface area (Å²) in [5, 5.41) is 14.0. The third kappa shape index (κ3) is 3.57. The van der Waals surface area contributed by atoms with Crippen LogP contribution >= 0.6 is 0 Å². The van der Waals surface area contributed by atoms with E-state index in [0.717, 1.165) is 17.2 Å². The van der Waals surface area contributed by atoms with E-state index < -0.39 is 0 Å². The average molecular weight is 289 g/mol. The van der Waals surface area contributed by atoms with Gasteiger partial charge in [-0.1, -0.05) is 12.1 Å². The Labute approximate surface area is 123 Å². The number of hydrogen-bond donors (Lipinski definition) is 1. The first-order chi connectivity index (χ1) is 9.99. The lowest BCUT2D eigenvalue weighted by Gasteiger charge is -2.12. The summed E-state index contributed by atoms with van der Waals surface area (Å²) in [6.45, 7) is 1.23. The number of imidazole rings is 1. The van der Waals surface area contributed by atoms with Gasteiger partial charge in [0.1, 0.15) is 0 Å². The Balaban J connectivity index is 1.95. The molecule has 0 aliphatic heterocycles. The summed E-state index contributed by atoms with van der Waals surface area (Å²) in [6, 6.07) is 6.65. The molecule has 0 radical (unpaired) electrons. The minimum Gasteiger partial charge on any atom is -0.348 e. The third-order valence-corrected chi connectivity index (χ3v) is 3.22. The van der Waals surface area contributed by atoms with Gasteiger partial charge in [-0.25, -0.2) is 4.98 Å². The minimum absolute atomic E-state index is 0.115. The van der Waals surface area contributed by atoms with Gasteiger partial charge in [0.25, 0.3) is 5.69 Å². The van der Waals surface area contributed by atoms with Gasteiger partial charge in [-0.15, -0.1) is 0 Å². The summed E-state index contributed by atoms with van der Waals surface area (Å²) in [5.74, 6) is 0.891. The van der Waals surface area contributed by atoms with Crippen molar-refractivity contribution in [1.82, 2.24) is 14.9 Å². The predicted molar refractivity (Wildman–Crippen MR) is 81.2 cm³/mol. The monoisotopic (exact) mass is 289 g/mol. The number of benzene rings is 1. The Hall–Kier alpha value is -2.41. The molecule has 1 heterocycles. The molecule has 1 aromatic carbocycles. The zero-order chi connectivity index (χ0) is 15.4. The smallest absolute Gasteiger partial charge is 0.269 e. The SMILES string of the molecule is CN(C)c1ncc(CNCc2cccc([N+](=O)[O-])c2)n1C. The first kappa shape index (κ1) is 15.0. The highest BCUT2D eigenvalue weighted by molar-refractivity contribution is 5.34. The molecule has 0 saturated carbocycles. The molecule has 0 bridgehead atoms. The Morgan fingerprint density at radius 3 is 2.76 bits per heavy atom. The number of non-ortho nitro benzene ring substituents is 1. The van der Waals surface area contributed by atoms with Crippen LogP contribution in [0.4, 0.5) is 11.6 Å². The summed E-state index contributed by atoms with van der Waals surface area (Å²) in [4.78, 5) is 16.6. The molecule has 0 aliphatic rings. The van der Waals surface area contributed by atoms with Crippen LogP contribution in [0.1, 0.15) is 11.3 Å². The van der Waals surface area contributed by atoms with Gasteiger partial charge < -0.3 is 14.8 Å². The van der Waals surface area contributed by atoms with Crippen molar-refractivity contribution in [1.29, 1.82) is 0 Å². The van der Waals surface area contributed by atoms with Crippen LogP contribution in [-0.4, -0.2) is 28.6 Å². The molecule has 0 amide bonds. The maximum atomic E-state index is 10.7. The summed E-state index contributed by atoms with van der Waals surface area (Å²) < 4.78 is 2.01. The molecule has 1 aromatic heterocycles. The molecule has 21 heavy (non-hydrogen) atoms. The minimum atomic E-state index is -0.381. The van der Waals surface area contributed by atoms with Crippen LogP contribution in [0.5, 0.6) is 0 Å². The molecule has 0 spiro atoms. The van der Waals surface area contributed by atoms with E-state index >= 15 is 0 Å².